The molecule has 0 saturated carbocycles. The van der Waals surface area contributed by atoms with Gasteiger partial charge in [0.05, 0.1) is 25.2 Å². The van der Waals surface area contributed by atoms with Gasteiger partial charge < -0.3 is 4.74 Å². The van der Waals surface area contributed by atoms with Gasteiger partial charge in [-0.3, -0.25) is 9.36 Å². The summed E-state index contributed by atoms with van der Waals surface area (Å²) in [5.74, 6) is 0.721. The highest BCUT2D eigenvalue weighted by atomic mass is 79.9. The Morgan fingerprint density at radius 3 is 2.38 bits per heavy atom. The summed E-state index contributed by atoms with van der Waals surface area (Å²) in [4.78, 5) is 19.9. The number of fused-ring (bicyclic) bond motifs is 3. The molecule has 7 rings (SSSR count). The molecule has 1 atom stereocenters. The molecule has 4 aromatic carbocycles. The summed E-state index contributed by atoms with van der Waals surface area (Å²) in [5, 5.41) is 0. The van der Waals surface area contributed by atoms with E-state index in [2.05, 4.69) is 84.2 Å². The van der Waals surface area contributed by atoms with Crippen LogP contribution in [0.15, 0.2) is 120 Å². The minimum atomic E-state index is -0.202. The van der Waals surface area contributed by atoms with Gasteiger partial charge in [-0.1, -0.05) is 94.0 Å². The van der Waals surface area contributed by atoms with Crippen LogP contribution < -0.4 is 19.6 Å². The normalized spacial score (nSPS) is 16.0. The largest absolute Gasteiger partial charge is 0.487 e. The van der Waals surface area contributed by atoms with Crippen molar-refractivity contribution in [2.45, 2.75) is 25.5 Å². The van der Waals surface area contributed by atoms with Crippen molar-refractivity contribution >= 4 is 70.9 Å². The zero-order chi connectivity index (χ0) is 28.8. The molecule has 8 heteroatoms. The summed E-state index contributed by atoms with van der Waals surface area (Å²) in [6, 6.07) is 30.6. The molecule has 4 nitrogen and oxygen atoms in total. The van der Waals surface area contributed by atoms with Crippen molar-refractivity contribution in [1.29, 1.82) is 0 Å². The molecule has 2 aliphatic rings. The first-order valence-corrected chi connectivity index (χ1v) is 16.7. The van der Waals surface area contributed by atoms with Crippen molar-refractivity contribution in [2.24, 2.45) is 4.99 Å². The summed E-state index contributed by atoms with van der Waals surface area (Å²) in [7, 11) is 0. The zero-order valence-electron chi connectivity index (χ0n) is 22.2. The molecule has 0 fully saturated rings. The monoisotopic (exact) mass is 760 g/mol. The second-order valence-electron chi connectivity index (χ2n) is 10.3. The minimum absolute atomic E-state index is 0.0336. The number of nitrogens with zero attached hydrogens (tertiary/aromatic N) is 2. The van der Waals surface area contributed by atoms with E-state index in [-0.39, 0.29) is 11.6 Å². The number of thiazole rings is 1. The molecule has 0 bridgehead atoms. The van der Waals surface area contributed by atoms with E-state index in [1.54, 1.807) is 0 Å². The maximum atomic E-state index is 14.1. The Morgan fingerprint density at radius 1 is 0.905 bits per heavy atom. The van der Waals surface area contributed by atoms with Crippen LogP contribution in [0.1, 0.15) is 40.3 Å². The third-order valence-electron chi connectivity index (χ3n) is 7.60. The van der Waals surface area contributed by atoms with Crippen LogP contribution in [-0.2, 0) is 13.0 Å². The van der Waals surface area contributed by atoms with Crippen molar-refractivity contribution in [3.8, 4) is 5.75 Å². The molecular formula is C34H23Br3N2O2S. The van der Waals surface area contributed by atoms with E-state index in [0.29, 0.717) is 11.1 Å². The van der Waals surface area contributed by atoms with Crippen molar-refractivity contribution in [3.63, 3.8) is 0 Å². The van der Waals surface area contributed by atoms with Gasteiger partial charge in [-0.2, -0.15) is 0 Å². The molecule has 2 heterocycles. The van der Waals surface area contributed by atoms with Crippen molar-refractivity contribution in [2.75, 3.05) is 0 Å². The molecule has 0 spiro atoms. The van der Waals surface area contributed by atoms with Crippen LogP contribution in [0.2, 0.25) is 0 Å². The molecule has 0 unspecified atom stereocenters. The van der Waals surface area contributed by atoms with Crippen LogP contribution in [0.25, 0.3) is 11.8 Å². The van der Waals surface area contributed by atoms with Gasteiger partial charge in [0.2, 0.25) is 0 Å². The molecule has 208 valence electrons. The lowest BCUT2D eigenvalue weighted by Gasteiger charge is -2.30. The number of halogens is 3. The lowest BCUT2D eigenvalue weighted by atomic mass is 9.83. The Hall–Kier alpha value is -3.04. The number of aromatic nitrogens is 1. The van der Waals surface area contributed by atoms with Gasteiger partial charge in [0.25, 0.3) is 5.56 Å². The Bertz CT molecular complexity index is 2020. The van der Waals surface area contributed by atoms with E-state index in [4.69, 9.17) is 9.73 Å². The molecule has 1 aliphatic carbocycles. The number of hydrogen-bond donors (Lipinski definition) is 0. The SMILES string of the molecule is O=c1/c(=C\c2cc(Br)c(OCc3ccccc3)c(Br)c2)sc2n1[C@@H](c1ccc(Br)cc1)C1=C(N=2)c2ccccc2CC1. The van der Waals surface area contributed by atoms with E-state index >= 15 is 0 Å². The molecule has 42 heavy (non-hydrogen) atoms. The van der Waals surface area contributed by atoms with Crippen molar-refractivity contribution in [1.82, 2.24) is 4.57 Å². The minimum Gasteiger partial charge on any atom is -0.487 e. The number of allylic oxidation sites excluding steroid dienone is 1. The van der Waals surface area contributed by atoms with E-state index in [0.717, 1.165) is 64.8 Å². The van der Waals surface area contributed by atoms with Crippen molar-refractivity contribution < 1.29 is 4.74 Å². The smallest absolute Gasteiger partial charge is 0.271 e. The predicted octanol–water partition coefficient (Wildman–Crippen LogP) is 8.19. The molecule has 0 amide bonds. The average Bonchev–Trinajstić information content (AvgIpc) is 3.30. The van der Waals surface area contributed by atoms with Gasteiger partial charge in [-0.15, -0.1) is 0 Å². The Labute approximate surface area is 272 Å². The van der Waals surface area contributed by atoms with Gasteiger partial charge in [0.1, 0.15) is 12.4 Å². The summed E-state index contributed by atoms with van der Waals surface area (Å²) >= 11 is 12.4. The summed E-state index contributed by atoms with van der Waals surface area (Å²) in [6.45, 7) is 0.458. The number of ether oxygens (including phenoxy) is 1. The first-order chi connectivity index (χ1) is 20.5. The highest BCUT2D eigenvalue weighted by molar-refractivity contribution is 9.11. The highest BCUT2D eigenvalue weighted by Crippen LogP contribution is 2.41. The van der Waals surface area contributed by atoms with Crippen LogP contribution in [0.4, 0.5) is 0 Å². The summed E-state index contributed by atoms with van der Waals surface area (Å²) < 4.78 is 11.3. The lowest BCUT2D eigenvalue weighted by Crippen LogP contribution is -2.38. The fraction of sp³-hybridized carbons (Fsp3) is 0.118. The summed E-state index contributed by atoms with van der Waals surface area (Å²) in [6.07, 6.45) is 3.74. The maximum Gasteiger partial charge on any atom is 0.271 e. The van der Waals surface area contributed by atoms with Crippen LogP contribution in [0.5, 0.6) is 5.75 Å². The Morgan fingerprint density at radius 2 is 1.62 bits per heavy atom. The van der Waals surface area contributed by atoms with E-state index in [1.807, 2.05) is 65.2 Å². The fourth-order valence-electron chi connectivity index (χ4n) is 5.65. The van der Waals surface area contributed by atoms with Gasteiger partial charge in [0, 0.05) is 10.0 Å². The van der Waals surface area contributed by atoms with Crippen LogP contribution in [0.3, 0.4) is 0 Å². The molecule has 0 N–H and O–H groups in total. The highest BCUT2D eigenvalue weighted by Gasteiger charge is 2.32. The number of rotatable bonds is 5. The molecule has 1 aromatic heterocycles. The second-order valence-corrected chi connectivity index (χ2v) is 13.9. The molecular weight excluding hydrogens is 740 g/mol. The first-order valence-electron chi connectivity index (χ1n) is 13.5. The van der Waals surface area contributed by atoms with Gasteiger partial charge >= 0.3 is 0 Å². The van der Waals surface area contributed by atoms with Crippen LogP contribution in [-0.4, -0.2) is 4.57 Å². The van der Waals surface area contributed by atoms with Crippen LogP contribution in [0, 0.1) is 0 Å². The van der Waals surface area contributed by atoms with E-state index in [9.17, 15) is 4.79 Å². The van der Waals surface area contributed by atoms with E-state index in [1.165, 1.54) is 22.5 Å². The standard InChI is InChI=1S/C34H23Br3N2O2S/c35-24-13-10-23(11-14-24)31-26-15-12-22-8-4-5-9-25(22)30(26)38-34-39(31)33(40)29(42-34)18-21-16-27(36)32(28(37)17-21)41-19-20-6-2-1-3-7-20/h1-11,13-14,16-18,31H,12,15,19H2/b29-18+/t31-/m0/s1. The number of aryl methyl sites for hydroxylation is 1. The molecule has 5 aromatic rings. The maximum absolute atomic E-state index is 14.1. The number of benzene rings is 4. The number of hydrogen-bond acceptors (Lipinski definition) is 4. The molecule has 0 radical (unpaired) electrons. The lowest BCUT2D eigenvalue weighted by molar-refractivity contribution is 0.302. The predicted molar refractivity (Wildman–Crippen MR) is 180 cm³/mol. The molecule has 0 saturated heterocycles. The quantitative estimate of drug-likeness (QED) is 0.181. The molecule has 1 aliphatic heterocycles. The fourth-order valence-corrected chi connectivity index (χ4v) is 8.37. The van der Waals surface area contributed by atoms with Crippen LogP contribution >= 0.6 is 59.1 Å². The average molecular weight is 763 g/mol. The summed E-state index contributed by atoms with van der Waals surface area (Å²) in [5.41, 5.74) is 7.69. The van der Waals surface area contributed by atoms with Gasteiger partial charge in [-0.25, -0.2) is 4.99 Å². The topological polar surface area (TPSA) is 43.6 Å². The Kier molecular flexibility index (Phi) is 7.65. The zero-order valence-corrected chi connectivity index (χ0v) is 27.8. The van der Waals surface area contributed by atoms with Crippen molar-refractivity contribution in [3.05, 3.63) is 157 Å². The van der Waals surface area contributed by atoms with E-state index < -0.39 is 0 Å². The van der Waals surface area contributed by atoms with Gasteiger partial charge in [-0.05, 0) is 103 Å². The Balaban J connectivity index is 1.33. The second kappa shape index (κ2) is 11.6. The van der Waals surface area contributed by atoms with Gasteiger partial charge in [0.15, 0.2) is 4.80 Å². The third-order valence-corrected chi connectivity index (χ3v) is 10.3. The third kappa shape index (κ3) is 5.19. The first kappa shape index (κ1) is 27.8.